The minimum absolute atomic E-state index is 0.00269. The van der Waals surface area contributed by atoms with Gasteiger partial charge in [-0.2, -0.15) is 5.26 Å². The van der Waals surface area contributed by atoms with Crippen molar-refractivity contribution in [2.24, 2.45) is 5.92 Å². The van der Waals surface area contributed by atoms with E-state index in [9.17, 15) is 4.79 Å². The Morgan fingerprint density at radius 1 is 1.43 bits per heavy atom. The van der Waals surface area contributed by atoms with Crippen LogP contribution in [0.2, 0.25) is 0 Å². The summed E-state index contributed by atoms with van der Waals surface area (Å²) in [5.74, 6) is -0.112. The van der Waals surface area contributed by atoms with Crippen molar-refractivity contribution in [1.82, 2.24) is 9.80 Å². The van der Waals surface area contributed by atoms with Crippen LogP contribution in [0.3, 0.4) is 0 Å². The van der Waals surface area contributed by atoms with E-state index in [4.69, 9.17) is 5.26 Å². The third kappa shape index (κ3) is 3.65. The molecule has 0 aliphatic heterocycles. The Morgan fingerprint density at radius 2 is 1.93 bits per heavy atom. The second-order valence-corrected chi connectivity index (χ2v) is 3.37. The Hall–Kier alpha value is -1.24. The number of hydrogen-bond donors (Lipinski definition) is 0. The summed E-state index contributed by atoms with van der Waals surface area (Å²) in [6.45, 7) is 7.62. The first-order valence-corrected chi connectivity index (χ1v) is 4.96. The highest BCUT2D eigenvalue weighted by molar-refractivity contribution is 5.74. The summed E-state index contributed by atoms with van der Waals surface area (Å²) in [4.78, 5) is 15.0. The van der Waals surface area contributed by atoms with Crippen molar-refractivity contribution < 1.29 is 4.79 Å². The molecular weight excluding hydrogens is 178 g/mol. The number of nitrogens with zero attached hydrogens (tertiary/aromatic N) is 3. The molecule has 14 heavy (non-hydrogen) atoms. The molecule has 0 heterocycles. The largest absolute Gasteiger partial charge is 0.326 e. The Bertz CT molecular complexity index is 218. The molecule has 0 spiro atoms. The molecule has 0 rings (SSSR count). The van der Waals surface area contributed by atoms with E-state index in [1.165, 1.54) is 0 Å². The molecule has 0 aliphatic rings. The van der Waals surface area contributed by atoms with Gasteiger partial charge in [-0.3, -0.25) is 0 Å². The predicted octanol–water partition coefficient (Wildman–Crippen LogP) is 1.54. The van der Waals surface area contributed by atoms with Crippen LogP contribution in [0, 0.1) is 17.2 Å². The van der Waals surface area contributed by atoms with Gasteiger partial charge >= 0.3 is 6.03 Å². The van der Waals surface area contributed by atoms with Gasteiger partial charge < -0.3 is 9.80 Å². The van der Waals surface area contributed by atoms with Crippen LogP contribution < -0.4 is 0 Å². The Balaban J connectivity index is 4.18. The monoisotopic (exact) mass is 197 g/mol. The molecule has 0 saturated carbocycles. The molecule has 4 nitrogen and oxygen atoms in total. The highest BCUT2D eigenvalue weighted by Gasteiger charge is 2.16. The second kappa shape index (κ2) is 6.25. The normalized spacial score (nSPS) is 11.6. The van der Waals surface area contributed by atoms with Crippen molar-refractivity contribution >= 4 is 6.03 Å². The molecule has 1 atom stereocenters. The van der Waals surface area contributed by atoms with Gasteiger partial charge in [-0.25, -0.2) is 4.79 Å². The van der Waals surface area contributed by atoms with Crippen molar-refractivity contribution in [2.45, 2.75) is 20.8 Å². The summed E-state index contributed by atoms with van der Waals surface area (Å²) >= 11 is 0. The van der Waals surface area contributed by atoms with Gasteiger partial charge in [0.1, 0.15) is 0 Å². The highest BCUT2D eigenvalue weighted by Crippen LogP contribution is 2.01. The minimum atomic E-state index is -0.112. The number of rotatable bonds is 4. The zero-order valence-electron chi connectivity index (χ0n) is 9.45. The molecular formula is C10H19N3O. The predicted molar refractivity (Wildman–Crippen MR) is 55.7 cm³/mol. The van der Waals surface area contributed by atoms with E-state index >= 15 is 0 Å². The van der Waals surface area contributed by atoms with E-state index in [1.54, 1.807) is 16.8 Å². The fourth-order valence-corrected chi connectivity index (χ4v) is 1.27. The SMILES string of the molecule is CCN(CC)C(=O)N(C)CC(C)C#N. The van der Waals surface area contributed by atoms with E-state index in [0.29, 0.717) is 19.6 Å². The van der Waals surface area contributed by atoms with Gasteiger partial charge in [-0.05, 0) is 20.8 Å². The maximum atomic E-state index is 11.7. The van der Waals surface area contributed by atoms with Gasteiger partial charge in [0, 0.05) is 26.7 Å². The topological polar surface area (TPSA) is 47.3 Å². The zero-order chi connectivity index (χ0) is 11.1. The van der Waals surface area contributed by atoms with Gasteiger partial charge in [0.05, 0.1) is 12.0 Å². The third-order valence-corrected chi connectivity index (χ3v) is 2.13. The number of hydrogen-bond acceptors (Lipinski definition) is 2. The maximum absolute atomic E-state index is 11.7. The first kappa shape index (κ1) is 12.8. The highest BCUT2D eigenvalue weighted by atomic mass is 16.2. The molecule has 0 fully saturated rings. The van der Waals surface area contributed by atoms with E-state index in [1.807, 2.05) is 20.8 Å². The number of urea groups is 1. The Kier molecular flexibility index (Phi) is 5.70. The molecule has 0 aromatic carbocycles. The summed E-state index contributed by atoms with van der Waals surface area (Å²) in [5.41, 5.74) is 0. The lowest BCUT2D eigenvalue weighted by atomic mass is 10.2. The van der Waals surface area contributed by atoms with Crippen molar-refractivity contribution in [2.75, 3.05) is 26.7 Å². The first-order valence-electron chi connectivity index (χ1n) is 4.96. The summed E-state index contributed by atoms with van der Waals surface area (Å²) in [6.07, 6.45) is 0. The van der Waals surface area contributed by atoms with Crippen molar-refractivity contribution in [1.29, 1.82) is 5.26 Å². The number of carbonyl (C=O) groups is 1. The van der Waals surface area contributed by atoms with Crippen LogP contribution in [0.25, 0.3) is 0 Å². The molecule has 0 N–H and O–H groups in total. The van der Waals surface area contributed by atoms with Crippen LogP contribution >= 0.6 is 0 Å². The van der Waals surface area contributed by atoms with Gasteiger partial charge in [-0.15, -0.1) is 0 Å². The molecule has 0 aromatic heterocycles. The van der Waals surface area contributed by atoms with E-state index < -0.39 is 0 Å². The van der Waals surface area contributed by atoms with Crippen LogP contribution in [-0.2, 0) is 0 Å². The van der Waals surface area contributed by atoms with Crippen LogP contribution in [0.5, 0.6) is 0 Å². The van der Waals surface area contributed by atoms with Gasteiger partial charge in [0.2, 0.25) is 0 Å². The molecule has 80 valence electrons. The lowest BCUT2D eigenvalue weighted by Crippen LogP contribution is -2.42. The van der Waals surface area contributed by atoms with Gasteiger partial charge in [0.15, 0.2) is 0 Å². The molecule has 0 aromatic rings. The number of carbonyl (C=O) groups excluding carboxylic acids is 1. The fourth-order valence-electron chi connectivity index (χ4n) is 1.27. The van der Waals surface area contributed by atoms with Crippen LogP contribution in [0.15, 0.2) is 0 Å². The van der Waals surface area contributed by atoms with E-state index in [0.717, 1.165) is 0 Å². The summed E-state index contributed by atoms with van der Waals surface area (Å²) in [5, 5.41) is 8.62. The van der Waals surface area contributed by atoms with Crippen LogP contribution in [0.4, 0.5) is 4.79 Å². The van der Waals surface area contributed by atoms with E-state index in [2.05, 4.69) is 6.07 Å². The Labute approximate surface area is 86.1 Å². The first-order chi connectivity index (χ1) is 6.56. The second-order valence-electron chi connectivity index (χ2n) is 3.37. The fraction of sp³-hybridized carbons (Fsp3) is 0.800. The lowest BCUT2D eigenvalue weighted by molar-refractivity contribution is 0.165. The van der Waals surface area contributed by atoms with Gasteiger partial charge in [-0.1, -0.05) is 0 Å². The third-order valence-electron chi connectivity index (χ3n) is 2.13. The quantitative estimate of drug-likeness (QED) is 0.686. The van der Waals surface area contributed by atoms with Crippen molar-refractivity contribution in [3.63, 3.8) is 0 Å². The molecule has 0 saturated heterocycles. The number of nitriles is 1. The molecule has 0 aliphatic carbocycles. The molecule has 4 heteroatoms. The summed E-state index contributed by atoms with van der Waals surface area (Å²) in [6, 6.07) is 2.11. The molecule has 2 amide bonds. The molecule has 0 radical (unpaired) electrons. The van der Waals surface area contributed by atoms with Crippen molar-refractivity contribution in [3.05, 3.63) is 0 Å². The lowest BCUT2D eigenvalue weighted by Gasteiger charge is -2.26. The summed E-state index contributed by atoms with van der Waals surface area (Å²) < 4.78 is 0. The molecule has 1 unspecified atom stereocenters. The number of amides is 2. The standard InChI is InChI=1S/C10H19N3O/c1-5-13(6-2)10(14)12(4)8-9(3)7-11/h9H,5-6,8H2,1-4H3. The smallest absolute Gasteiger partial charge is 0.319 e. The minimum Gasteiger partial charge on any atom is -0.326 e. The van der Waals surface area contributed by atoms with Crippen molar-refractivity contribution in [3.8, 4) is 6.07 Å². The maximum Gasteiger partial charge on any atom is 0.319 e. The average Bonchev–Trinajstić information content (AvgIpc) is 2.19. The van der Waals surface area contributed by atoms with Crippen LogP contribution in [-0.4, -0.2) is 42.5 Å². The Morgan fingerprint density at radius 3 is 2.29 bits per heavy atom. The van der Waals surface area contributed by atoms with Gasteiger partial charge in [0.25, 0.3) is 0 Å². The van der Waals surface area contributed by atoms with E-state index in [-0.39, 0.29) is 11.9 Å². The zero-order valence-corrected chi connectivity index (χ0v) is 9.45. The van der Waals surface area contributed by atoms with Crippen LogP contribution in [0.1, 0.15) is 20.8 Å². The summed E-state index contributed by atoms with van der Waals surface area (Å²) in [7, 11) is 1.73. The average molecular weight is 197 g/mol. The molecule has 0 bridgehead atoms.